The maximum atomic E-state index is 10.8. The Balaban J connectivity index is 4.16. The fourth-order valence-electron chi connectivity index (χ4n) is 0.886. The standard InChI is InChI=1S/C8H14O5S/c1-4-7(13-14(10)11)6(3)12-8(9)5-2/h5-7H,2,4H2,1,3H3,(H,10,11)/p-1. The van der Waals surface area contributed by atoms with Crippen LogP contribution in [0.2, 0.25) is 0 Å². The van der Waals surface area contributed by atoms with Crippen molar-refractivity contribution in [1.82, 2.24) is 0 Å². The second kappa shape index (κ2) is 6.69. The molecule has 14 heavy (non-hydrogen) atoms. The van der Waals surface area contributed by atoms with Crippen molar-refractivity contribution < 1.29 is 22.5 Å². The van der Waals surface area contributed by atoms with Gasteiger partial charge >= 0.3 is 5.97 Å². The first-order chi connectivity index (χ1) is 6.51. The van der Waals surface area contributed by atoms with Crippen molar-refractivity contribution in [3.8, 4) is 0 Å². The normalized spacial score (nSPS) is 16.8. The molecule has 0 aromatic heterocycles. The summed E-state index contributed by atoms with van der Waals surface area (Å²) in [6.07, 6.45) is 0.164. The van der Waals surface area contributed by atoms with Gasteiger partial charge in [0.1, 0.15) is 12.2 Å². The molecule has 0 fully saturated rings. The highest BCUT2D eigenvalue weighted by Crippen LogP contribution is 2.09. The number of hydrogen-bond donors (Lipinski definition) is 0. The number of hydrogen-bond acceptors (Lipinski definition) is 5. The molecule has 0 aliphatic carbocycles. The van der Waals surface area contributed by atoms with Crippen LogP contribution in [-0.2, 0) is 25.1 Å². The molecule has 0 N–H and O–H groups in total. The van der Waals surface area contributed by atoms with E-state index in [0.29, 0.717) is 6.42 Å². The van der Waals surface area contributed by atoms with Crippen LogP contribution in [-0.4, -0.2) is 26.9 Å². The van der Waals surface area contributed by atoms with Gasteiger partial charge in [-0.2, -0.15) is 0 Å². The van der Waals surface area contributed by atoms with Gasteiger partial charge in [-0.3, -0.25) is 4.18 Å². The van der Waals surface area contributed by atoms with Crippen molar-refractivity contribution in [3.05, 3.63) is 12.7 Å². The molecule has 3 unspecified atom stereocenters. The van der Waals surface area contributed by atoms with Gasteiger partial charge in [-0.05, 0) is 13.3 Å². The van der Waals surface area contributed by atoms with Gasteiger partial charge in [-0.15, -0.1) is 0 Å². The number of esters is 1. The molecule has 3 atom stereocenters. The summed E-state index contributed by atoms with van der Waals surface area (Å²) in [6, 6.07) is 0. The number of carbonyl (C=O) groups is 1. The van der Waals surface area contributed by atoms with Crippen molar-refractivity contribution in [2.24, 2.45) is 0 Å². The third kappa shape index (κ3) is 5.11. The maximum absolute atomic E-state index is 10.8. The minimum absolute atomic E-state index is 0.430. The molecule has 0 saturated heterocycles. The second-order valence-electron chi connectivity index (χ2n) is 2.59. The van der Waals surface area contributed by atoms with E-state index in [4.69, 9.17) is 4.74 Å². The van der Waals surface area contributed by atoms with Crippen LogP contribution in [0.4, 0.5) is 0 Å². The van der Waals surface area contributed by atoms with E-state index < -0.39 is 29.5 Å². The van der Waals surface area contributed by atoms with Crippen molar-refractivity contribution in [2.45, 2.75) is 32.5 Å². The Kier molecular flexibility index (Phi) is 6.35. The van der Waals surface area contributed by atoms with E-state index >= 15 is 0 Å². The highest BCUT2D eigenvalue weighted by molar-refractivity contribution is 7.74. The van der Waals surface area contributed by atoms with Crippen LogP contribution >= 0.6 is 0 Å². The number of ether oxygens (including phenoxy) is 1. The third-order valence-corrected chi connectivity index (χ3v) is 2.00. The van der Waals surface area contributed by atoms with Gasteiger partial charge in [0.2, 0.25) is 0 Å². The summed E-state index contributed by atoms with van der Waals surface area (Å²) in [4.78, 5) is 10.8. The van der Waals surface area contributed by atoms with E-state index in [1.54, 1.807) is 13.8 Å². The zero-order valence-electron chi connectivity index (χ0n) is 8.10. The maximum Gasteiger partial charge on any atom is 0.330 e. The van der Waals surface area contributed by atoms with Gasteiger partial charge in [-0.25, -0.2) is 9.00 Å². The molecule has 0 aromatic carbocycles. The van der Waals surface area contributed by atoms with Crippen LogP contribution in [0.3, 0.4) is 0 Å². The number of carbonyl (C=O) groups excluding carboxylic acids is 1. The van der Waals surface area contributed by atoms with E-state index in [1.165, 1.54) is 0 Å². The van der Waals surface area contributed by atoms with Crippen LogP contribution in [0.25, 0.3) is 0 Å². The van der Waals surface area contributed by atoms with Crippen LogP contribution in [0.1, 0.15) is 20.3 Å². The minimum atomic E-state index is -2.60. The van der Waals surface area contributed by atoms with Crippen molar-refractivity contribution in [1.29, 1.82) is 0 Å². The SMILES string of the molecule is C=CC(=O)OC(C)C(CC)OS(=O)[O-]. The Labute approximate surface area is 85.6 Å². The van der Waals surface area contributed by atoms with Crippen molar-refractivity contribution >= 4 is 17.3 Å². The molecule has 0 radical (unpaired) electrons. The molecule has 6 heteroatoms. The average molecular weight is 221 g/mol. The van der Waals surface area contributed by atoms with Gasteiger partial charge < -0.3 is 9.29 Å². The fourth-order valence-corrected chi connectivity index (χ4v) is 1.38. The molecule has 0 bridgehead atoms. The Morgan fingerprint density at radius 3 is 2.64 bits per heavy atom. The van der Waals surface area contributed by atoms with Gasteiger partial charge in [0, 0.05) is 6.08 Å². The molecule has 0 amide bonds. The topological polar surface area (TPSA) is 75.7 Å². The van der Waals surface area contributed by atoms with Crippen LogP contribution in [0.5, 0.6) is 0 Å². The van der Waals surface area contributed by atoms with Crippen LogP contribution < -0.4 is 0 Å². The zero-order valence-corrected chi connectivity index (χ0v) is 8.91. The second-order valence-corrected chi connectivity index (χ2v) is 3.19. The molecule has 0 aliphatic heterocycles. The summed E-state index contributed by atoms with van der Waals surface area (Å²) >= 11 is -2.60. The van der Waals surface area contributed by atoms with E-state index in [0.717, 1.165) is 6.08 Å². The Bertz CT molecular complexity index is 228. The first-order valence-electron chi connectivity index (χ1n) is 4.10. The summed E-state index contributed by atoms with van der Waals surface area (Å²) in [7, 11) is 0. The molecule has 0 saturated carbocycles. The predicted molar refractivity (Wildman–Crippen MR) is 49.8 cm³/mol. The largest absolute Gasteiger partial charge is 0.750 e. The summed E-state index contributed by atoms with van der Waals surface area (Å²) in [5.41, 5.74) is 0. The zero-order chi connectivity index (χ0) is 11.1. The molecule has 0 aliphatic rings. The lowest BCUT2D eigenvalue weighted by atomic mass is 10.2. The molecule has 5 nitrogen and oxygen atoms in total. The lowest BCUT2D eigenvalue weighted by Gasteiger charge is -2.22. The first-order valence-corrected chi connectivity index (χ1v) is 5.10. The van der Waals surface area contributed by atoms with E-state index in [2.05, 4.69) is 10.8 Å². The van der Waals surface area contributed by atoms with E-state index in [9.17, 15) is 13.6 Å². The highest BCUT2D eigenvalue weighted by Gasteiger charge is 2.19. The van der Waals surface area contributed by atoms with E-state index in [-0.39, 0.29) is 0 Å². The number of rotatable bonds is 6. The average Bonchev–Trinajstić information content (AvgIpc) is 2.13. The first kappa shape index (κ1) is 13.3. The van der Waals surface area contributed by atoms with Crippen molar-refractivity contribution in [3.63, 3.8) is 0 Å². The summed E-state index contributed by atoms with van der Waals surface area (Å²) in [6.45, 7) is 6.51. The fraction of sp³-hybridized carbons (Fsp3) is 0.625. The Morgan fingerprint density at radius 1 is 1.71 bits per heavy atom. The minimum Gasteiger partial charge on any atom is -0.750 e. The van der Waals surface area contributed by atoms with Crippen LogP contribution in [0, 0.1) is 0 Å². The lowest BCUT2D eigenvalue weighted by Crippen LogP contribution is -2.30. The Morgan fingerprint density at radius 2 is 2.29 bits per heavy atom. The van der Waals surface area contributed by atoms with Gasteiger partial charge in [-0.1, -0.05) is 13.5 Å². The van der Waals surface area contributed by atoms with E-state index in [1.807, 2.05) is 0 Å². The molecule has 0 rings (SSSR count). The third-order valence-electron chi connectivity index (χ3n) is 1.60. The molecule has 82 valence electrons. The molecule has 0 heterocycles. The summed E-state index contributed by atoms with van der Waals surface area (Å²) < 4.78 is 29.8. The Hall–Kier alpha value is -0.720. The predicted octanol–water partition coefficient (Wildman–Crippen LogP) is 0.693. The summed E-state index contributed by atoms with van der Waals surface area (Å²) in [5, 5.41) is 0. The quantitative estimate of drug-likeness (QED) is 0.375. The lowest BCUT2D eigenvalue weighted by molar-refractivity contribution is -0.146. The molecule has 0 spiro atoms. The van der Waals surface area contributed by atoms with Crippen molar-refractivity contribution in [2.75, 3.05) is 0 Å². The van der Waals surface area contributed by atoms with Gasteiger partial charge in [0.15, 0.2) is 0 Å². The molecule has 0 aromatic rings. The van der Waals surface area contributed by atoms with Crippen LogP contribution in [0.15, 0.2) is 12.7 Å². The van der Waals surface area contributed by atoms with Gasteiger partial charge in [0.05, 0.1) is 11.4 Å². The van der Waals surface area contributed by atoms with Gasteiger partial charge in [0.25, 0.3) is 0 Å². The monoisotopic (exact) mass is 221 g/mol. The molecular formula is C8H13O5S-. The molecular weight excluding hydrogens is 208 g/mol. The summed E-state index contributed by atoms with van der Waals surface area (Å²) in [5.74, 6) is -0.601. The highest BCUT2D eigenvalue weighted by atomic mass is 32.2. The smallest absolute Gasteiger partial charge is 0.330 e.